The maximum atomic E-state index is 12.6. The number of carbonyl (C=O) groups excluding carboxylic acids is 1. The maximum absolute atomic E-state index is 12.6. The number of unbranched alkanes of at least 4 members (excludes halogenated alkanes) is 1. The molecule has 0 aliphatic rings. The Morgan fingerprint density at radius 2 is 1.82 bits per heavy atom. The number of sulfonamides is 1. The van der Waals surface area contributed by atoms with Crippen LogP contribution in [0.1, 0.15) is 37.3 Å². The van der Waals surface area contributed by atoms with Gasteiger partial charge in [0, 0.05) is 12.0 Å². The minimum absolute atomic E-state index is 0.0118. The largest absolute Gasteiger partial charge is 0.493 e. The number of rotatable bonds is 12. The summed E-state index contributed by atoms with van der Waals surface area (Å²) in [6, 6.07) is 10.2. The van der Waals surface area contributed by atoms with Crippen molar-refractivity contribution in [2.24, 2.45) is 5.73 Å². The molecule has 1 amide bonds. The molecule has 0 bridgehead atoms. The van der Waals surface area contributed by atoms with Crippen LogP contribution in [0.5, 0.6) is 5.75 Å². The van der Waals surface area contributed by atoms with Gasteiger partial charge in [-0.15, -0.1) is 0 Å². The summed E-state index contributed by atoms with van der Waals surface area (Å²) < 4.78 is 32.4. The molecule has 10 nitrogen and oxygen atoms in total. The lowest BCUT2D eigenvalue weighted by molar-refractivity contribution is -0.138. The highest BCUT2D eigenvalue weighted by Crippen LogP contribution is 2.32. The van der Waals surface area contributed by atoms with Gasteiger partial charge in [0.2, 0.25) is 15.9 Å². The fourth-order valence-electron chi connectivity index (χ4n) is 3.06. The Hall–Kier alpha value is -3.44. The van der Waals surface area contributed by atoms with Crippen molar-refractivity contribution in [1.29, 1.82) is 5.41 Å². The van der Waals surface area contributed by atoms with Crippen LogP contribution in [0.25, 0.3) is 0 Å². The summed E-state index contributed by atoms with van der Waals surface area (Å²) in [5, 5.41) is 19.0. The second kappa shape index (κ2) is 11.4. The average molecular weight is 477 g/mol. The van der Waals surface area contributed by atoms with Gasteiger partial charge in [0.25, 0.3) is 0 Å². The first-order valence-corrected chi connectivity index (χ1v) is 11.7. The first kappa shape index (κ1) is 25.8. The third-order valence-corrected chi connectivity index (χ3v) is 6.40. The topological polar surface area (TPSA) is 172 Å². The van der Waals surface area contributed by atoms with Crippen LogP contribution in [0, 0.1) is 5.41 Å². The van der Waals surface area contributed by atoms with Gasteiger partial charge in [-0.1, -0.05) is 30.3 Å². The van der Waals surface area contributed by atoms with E-state index >= 15 is 0 Å². The highest BCUT2D eigenvalue weighted by atomic mass is 32.2. The molecule has 178 valence electrons. The van der Waals surface area contributed by atoms with Gasteiger partial charge >= 0.3 is 5.97 Å². The summed E-state index contributed by atoms with van der Waals surface area (Å²) in [4.78, 5) is 23.1. The van der Waals surface area contributed by atoms with Crippen molar-refractivity contribution in [2.75, 3.05) is 12.4 Å². The normalized spacial score (nSPS) is 12.1. The van der Waals surface area contributed by atoms with Gasteiger partial charge in [0.05, 0.1) is 12.8 Å². The predicted molar refractivity (Wildman–Crippen MR) is 124 cm³/mol. The van der Waals surface area contributed by atoms with Crippen molar-refractivity contribution in [2.45, 2.75) is 43.5 Å². The number of para-hydroxylation sites is 1. The van der Waals surface area contributed by atoms with E-state index in [0.29, 0.717) is 12.0 Å². The number of hydrogen-bond acceptors (Lipinski definition) is 6. The summed E-state index contributed by atoms with van der Waals surface area (Å²) >= 11 is 0. The molecule has 0 aromatic heterocycles. The first-order valence-electron chi connectivity index (χ1n) is 10.2. The van der Waals surface area contributed by atoms with Crippen LogP contribution < -0.4 is 20.5 Å². The van der Waals surface area contributed by atoms with E-state index in [1.54, 1.807) is 12.1 Å². The molecule has 0 aliphatic carbocycles. The Morgan fingerprint density at radius 3 is 2.39 bits per heavy atom. The smallest absolute Gasteiger partial charge is 0.321 e. The van der Waals surface area contributed by atoms with Crippen LogP contribution in [0.15, 0.2) is 47.4 Å². The zero-order chi connectivity index (χ0) is 24.6. The summed E-state index contributed by atoms with van der Waals surface area (Å²) in [5.74, 6) is -1.70. The number of aryl methyl sites for hydroxylation is 1. The number of nitrogens with one attached hydrogen (secondary N) is 3. The standard InChI is InChI=1S/C22H28N4O6S/c1-14(22(28)29)26-33(30,31)18-8-5-7-17(20(18)32-2)25-19(27)9-4-3-6-15-10-12-16(13-11-15)21(23)24/h5,7-8,10-14,26H,3-4,6,9H2,1-2H3,(H3,23,24)(H,25,27)(H,28,29)/t14-/m0/s1. The fraction of sp³-hybridized carbons (Fsp3) is 0.318. The van der Waals surface area contributed by atoms with E-state index in [0.717, 1.165) is 18.4 Å². The molecule has 2 rings (SSSR count). The zero-order valence-corrected chi connectivity index (χ0v) is 19.2. The number of hydrogen-bond donors (Lipinski definition) is 5. The molecule has 0 unspecified atom stereocenters. The number of nitrogen functional groups attached to an aromatic ring is 1. The fourth-order valence-corrected chi connectivity index (χ4v) is 4.45. The average Bonchev–Trinajstić information content (AvgIpc) is 2.76. The Bertz CT molecular complexity index is 1120. The van der Waals surface area contributed by atoms with E-state index < -0.39 is 22.0 Å². The summed E-state index contributed by atoms with van der Waals surface area (Å²) in [6.07, 6.45) is 2.35. The van der Waals surface area contributed by atoms with Crippen molar-refractivity contribution >= 4 is 33.4 Å². The van der Waals surface area contributed by atoms with E-state index in [-0.39, 0.29) is 34.5 Å². The summed E-state index contributed by atoms with van der Waals surface area (Å²) in [5.41, 5.74) is 7.34. The molecule has 11 heteroatoms. The molecule has 0 radical (unpaired) electrons. The molecular formula is C22H28N4O6S. The highest BCUT2D eigenvalue weighted by molar-refractivity contribution is 7.89. The first-order chi connectivity index (χ1) is 15.5. The molecular weight excluding hydrogens is 448 g/mol. The van der Waals surface area contributed by atoms with Gasteiger partial charge in [-0.3, -0.25) is 15.0 Å². The monoisotopic (exact) mass is 476 g/mol. The van der Waals surface area contributed by atoms with Crippen molar-refractivity contribution in [3.05, 3.63) is 53.6 Å². The van der Waals surface area contributed by atoms with E-state index in [2.05, 4.69) is 10.0 Å². The van der Waals surface area contributed by atoms with Crippen molar-refractivity contribution in [3.63, 3.8) is 0 Å². The number of aliphatic carboxylic acids is 1. The van der Waals surface area contributed by atoms with Crippen LogP contribution in [0.3, 0.4) is 0 Å². The number of carboxylic acid groups (broad SMARTS) is 1. The molecule has 0 saturated heterocycles. The van der Waals surface area contributed by atoms with Crippen LogP contribution in [0.2, 0.25) is 0 Å². The summed E-state index contributed by atoms with van der Waals surface area (Å²) in [6.45, 7) is 1.20. The molecule has 1 atom stereocenters. The second-order valence-corrected chi connectivity index (χ2v) is 9.07. The van der Waals surface area contributed by atoms with Gasteiger partial charge < -0.3 is 20.9 Å². The van der Waals surface area contributed by atoms with E-state index in [1.165, 1.54) is 32.2 Å². The number of amidine groups is 1. The van der Waals surface area contributed by atoms with Gasteiger partial charge in [0.1, 0.15) is 16.8 Å². The Labute approximate surface area is 192 Å². The third-order valence-electron chi connectivity index (χ3n) is 4.83. The number of carbonyl (C=O) groups is 2. The van der Waals surface area contributed by atoms with Crippen molar-refractivity contribution in [3.8, 4) is 5.75 Å². The Morgan fingerprint density at radius 1 is 1.15 bits per heavy atom. The molecule has 0 aliphatic heterocycles. The van der Waals surface area contributed by atoms with Crippen LogP contribution in [0.4, 0.5) is 5.69 Å². The van der Waals surface area contributed by atoms with Crippen LogP contribution in [-0.4, -0.2) is 44.4 Å². The lowest BCUT2D eigenvalue weighted by Gasteiger charge is -2.16. The zero-order valence-electron chi connectivity index (χ0n) is 18.4. The number of amides is 1. The molecule has 2 aromatic carbocycles. The molecule has 2 aromatic rings. The minimum Gasteiger partial charge on any atom is -0.493 e. The quantitative estimate of drug-likeness (QED) is 0.177. The lowest BCUT2D eigenvalue weighted by atomic mass is 10.0. The van der Waals surface area contributed by atoms with E-state index in [4.69, 9.17) is 21.0 Å². The van der Waals surface area contributed by atoms with Crippen LogP contribution >= 0.6 is 0 Å². The number of benzene rings is 2. The number of anilines is 1. The third kappa shape index (κ3) is 7.29. The lowest BCUT2D eigenvalue weighted by Crippen LogP contribution is -2.38. The van der Waals surface area contributed by atoms with Gasteiger partial charge in [0.15, 0.2) is 5.75 Å². The Kier molecular flexibility index (Phi) is 8.94. The van der Waals surface area contributed by atoms with Crippen LogP contribution in [-0.2, 0) is 26.0 Å². The van der Waals surface area contributed by atoms with Gasteiger partial charge in [-0.2, -0.15) is 4.72 Å². The number of ether oxygens (including phenoxy) is 1. The van der Waals surface area contributed by atoms with Crippen molar-refractivity contribution < 1.29 is 27.9 Å². The highest BCUT2D eigenvalue weighted by Gasteiger charge is 2.26. The maximum Gasteiger partial charge on any atom is 0.321 e. The number of carboxylic acids is 1. The second-order valence-electron chi connectivity index (χ2n) is 7.38. The molecule has 33 heavy (non-hydrogen) atoms. The predicted octanol–water partition coefficient (Wildman–Crippen LogP) is 2.08. The molecule has 0 saturated carbocycles. The molecule has 6 N–H and O–H groups in total. The van der Waals surface area contributed by atoms with E-state index in [9.17, 15) is 18.0 Å². The summed E-state index contributed by atoms with van der Waals surface area (Å²) in [7, 11) is -2.93. The van der Waals surface area contributed by atoms with Gasteiger partial charge in [-0.25, -0.2) is 8.42 Å². The number of nitrogens with two attached hydrogens (primary N) is 1. The molecule has 0 heterocycles. The number of methoxy groups -OCH3 is 1. The molecule has 0 fully saturated rings. The van der Waals surface area contributed by atoms with Gasteiger partial charge in [-0.05, 0) is 43.9 Å². The SMILES string of the molecule is COc1c(NC(=O)CCCCc2ccc(C(=N)N)cc2)cccc1S(=O)(=O)N[C@@H](C)C(=O)O. The van der Waals surface area contributed by atoms with Crippen molar-refractivity contribution in [1.82, 2.24) is 4.72 Å². The van der Waals surface area contributed by atoms with E-state index in [1.807, 2.05) is 12.1 Å². The molecule has 0 spiro atoms. The minimum atomic E-state index is -4.19. The Balaban J connectivity index is 1.98.